The Morgan fingerprint density at radius 3 is 2.66 bits per heavy atom. The number of halogens is 1. The number of thiazole rings is 1. The third-order valence-electron chi connectivity index (χ3n) is 4.39. The maximum Gasteiger partial charge on any atom is 0.243 e. The van der Waals surface area contributed by atoms with Gasteiger partial charge in [0.15, 0.2) is 5.13 Å². The van der Waals surface area contributed by atoms with Crippen molar-refractivity contribution in [2.45, 2.75) is 4.90 Å². The normalized spacial score (nSPS) is 12.0. The predicted octanol–water partition coefficient (Wildman–Crippen LogP) is 3.85. The van der Waals surface area contributed by atoms with Gasteiger partial charge in [-0.05, 0) is 41.1 Å². The fourth-order valence-electron chi connectivity index (χ4n) is 2.91. The van der Waals surface area contributed by atoms with Gasteiger partial charge in [-0.1, -0.05) is 41.7 Å². The van der Waals surface area contributed by atoms with Gasteiger partial charge in [0, 0.05) is 7.05 Å². The Balaban J connectivity index is 1.50. The van der Waals surface area contributed by atoms with Crippen molar-refractivity contribution in [1.82, 2.24) is 9.29 Å². The van der Waals surface area contributed by atoms with E-state index in [1.54, 1.807) is 12.1 Å². The van der Waals surface area contributed by atoms with Crippen LogP contribution in [0.1, 0.15) is 0 Å². The SMILES string of the molecule is CN(CC(=O)Nc1nc2ccc(F)cc2s1)S(=O)(=O)c1ccc2ccccc2c1. The molecule has 6 nitrogen and oxygen atoms in total. The first-order valence-corrected chi connectivity index (χ1v) is 10.9. The molecule has 1 aromatic heterocycles. The van der Waals surface area contributed by atoms with Gasteiger partial charge in [0.1, 0.15) is 5.82 Å². The summed E-state index contributed by atoms with van der Waals surface area (Å²) in [6.07, 6.45) is 0. The van der Waals surface area contributed by atoms with Crippen molar-refractivity contribution in [2.75, 3.05) is 18.9 Å². The molecule has 4 aromatic rings. The van der Waals surface area contributed by atoms with Crippen LogP contribution in [0.25, 0.3) is 21.0 Å². The maximum absolute atomic E-state index is 13.3. The minimum Gasteiger partial charge on any atom is -0.301 e. The van der Waals surface area contributed by atoms with Crippen molar-refractivity contribution < 1.29 is 17.6 Å². The Morgan fingerprint density at radius 1 is 1.10 bits per heavy atom. The largest absolute Gasteiger partial charge is 0.301 e. The van der Waals surface area contributed by atoms with Crippen molar-refractivity contribution in [3.05, 3.63) is 66.5 Å². The number of sulfonamides is 1. The zero-order valence-electron chi connectivity index (χ0n) is 15.3. The van der Waals surface area contributed by atoms with Crippen LogP contribution in [0, 0.1) is 5.82 Å². The first-order valence-electron chi connectivity index (χ1n) is 8.64. The average Bonchev–Trinajstić information content (AvgIpc) is 3.08. The van der Waals surface area contributed by atoms with Gasteiger partial charge in [-0.25, -0.2) is 17.8 Å². The molecule has 1 heterocycles. The van der Waals surface area contributed by atoms with Crippen molar-refractivity contribution >= 4 is 53.4 Å². The van der Waals surface area contributed by atoms with Crippen molar-refractivity contribution in [1.29, 1.82) is 0 Å². The molecule has 148 valence electrons. The highest BCUT2D eigenvalue weighted by molar-refractivity contribution is 7.89. The van der Waals surface area contributed by atoms with Gasteiger partial charge in [-0.3, -0.25) is 4.79 Å². The van der Waals surface area contributed by atoms with Crippen molar-refractivity contribution in [2.24, 2.45) is 0 Å². The molecule has 0 atom stereocenters. The molecule has 4 rings (SSSR count). The van der Waals surface area contributed by atoms with E-state index in [0.29, 0.717) is 10.2 Å². The summed E-state index contributed by atoms with van der Waals surface area (Å²) < 4.78 is 40.5. The molecular formula is C20H16FN3O3S2. The summed E-state index contributed by atoms with van der Waals surface area (Å²) in [6, 6.07) is 16.4. The lowest BCUT2D eigenvalue weighted by atomic mass is 10.1. The second-order valence-electron chi connectivity index (χ2n) is 6.45. The van der Waals surface area contributed by atoms with Crippen LogP contribution in [-0.4, -0.2) is 37.2 Å². The number of hydrogen-bond acceptors (Lipinski definition) is 5. The summed E-state index contributed by atoms with van der Waals surface area (Å²) in [5, 5.41) is 4.59. The number of nitrogens with zero attached hydrogens (tertiary/aromatic N) is 2. The van der Waals surface area contributed by atoms with Crippen LogP contribution in [0.15, 0.2) is 65.6 Å². The minimum absolute atomic E-state index is 0.113. The summed E-state index contributed by atoms with van der Waals surface area (Å²) in [7, 11) is -2.50. The highest BCUT2D eigenvalue weighted by Crippen LogP contribution is 2.26. The van der Waals surface area contributed by atoms with Gasteiger partial charge in [0.05, 0.1) is 21.7 Å². The topological polar surface area (TPSA) is 79.4 Å². The zero-order valence-corrected chi connectivity index (χ0v) is 16.9. The van der Waals surface area contributed by atoms with Gasteiger partial charge in [0.2, 0.25) is 15.9 Å². The molecule has 0 radical (unpaired) electrons. The molecular weight excluding hydrogens is 413 g/mol. The Bertz CT molecular complexity index is 1340. The monoisotopic (exact) mass is 429 g/mol. The number of benzene rings is 3. The molecule has 9 heteroatoms. The van der Waals surface area contributed by atoms with E-state index in [1.165, 1.54) is 31.3 Å². The van der Waals surface area contributed by atoms with Crippen LogP contribution in [0.5, 0.6) is 0 Å². The summed E-state index contributed by atoms with van der Waals surface area (Å²) in [6.45, 7) is -0.376. The van der Waals surface area contributed by atoms with E-state index in [1.807, 2.05) is 24.3 Å². The molecule has 29 heavy (non-hydrogen) atoms. The van der Waals surface area contributed by atoms with Crippen LogP contribution in [0.4, 0.5) is 9.52 Å². The van der Waals surface area contributed by atoms with Gasteiger partial charge in [-0.2, -0.15) is 4.31 Å². The zero-order chi connectivity index (χ0) is 20.6. The molecule has 0 bridgehead atoms. The smallest absolute Gasteiger partial charge is 0.243 e. The van der Waals surface area contributed by atoms with Crippen LogP contribution in [0.3, 0.4) is 0 Å². The molecule has 1 N–H and O–H groups in total. The molecule has 0 aliphatic rings. The van der Waals surface area contributed by atoms with E-state index >= 15 is 0 Å². The van der Waals surface area contributed by atoms with Crippen molar-refractivity contribution in [3.8, 4) is 0 Å². The third kappa shape index (κ3) is 3.98. The molecule has 0 aliphatic heterocycles. The molecule has 0 unspecified atom stereocenters. The summed E-state index contributed by atoms with van der Waals surface area (Å²) in [5.41, 5.74) is 0.559. The molecule has 0 saturated heterocycles. The number of hydrogen-bond donors (Lipinski definition) is 1. The fourth-order valence-corrected chi connectivity index (χ4v) is 4.98. The number of rotatable bonds is 5. The van der Waals surface area contributed by atoms with Crippen LogP contribution < -0.4 is 5.32 Å². The maximum atomic E-state index is 13.3. The molecule has 0 fully saturated rings. The van der Waals surface area contributed by atoms with Crippen LogP contribution >= 0.6 is 11.3 Å². The Kier molecular flexibility index (Phi) is 5.03. The van der Waals surface area contributed by atoms with E-state index in [2.05, 4.69) is 10.3 Å². The van der Waals surface area contributed by atoms with E-state index in [9.17, 15) is 17.6 Å². The highest BCUT2D eigenvalue weighted by atomic mass is 32.2. The Hall–Kier alpha value is -2.88. The summed E-state index contributed by atoms with van der Waals surface area (Å²) >= 11 is 1.12. The molecule has 0 saturated carbocycles. The van der Waals surface area contributed by atoms with Gasteiger partial charge >= 0.3 is 0 Å². The number of nitrogens with one attached hydrogen (secondary N) is 1. The predicted molar refractivity (Wildman–Crippen MR) is 112 cm³/mol. The van der Waals surface area contributed by atoms with Crippen LogP contribution in [0.2, 0.25) is 0 Å². The lowest BCUT2D eigenvalue weighted by molar-refractivity contribution is -0.116. The number of amides is 1. The van der Waals surface area contributed by atoms with E-state index in [0.717, 1.165) is 26.4 Å². The molecule has 0 spiro atoms. The quantitative estimate of drug-likeness (QED) is 0.523. The molecule has 3 aromatic carbocycles. The first-order chi connectivity index (χ1) is 13.8. The molecule has 1 amide bonds. The average molecular weight is 429 g/mol. The van der Waals surface area contributed by atoms with Crippen molar-refractivity contribution in [3.63, 3.8) is 0 Å². The van der Waals surface area contributed by atoms with E-state index in [-0.39, 0.29) is 22.4 Å². The second kappa shape index (κ2) is 7.51. The fraction of sp³-hybridized carbons (Fsp3) is 0.100. The van der Waals surface area contributed by atoms with Gasteiger partial charge in [0.25, 0.3) is 0 Å². The first kappa shape index (κ1) is 19.4. The lowest BCUT2D eigenvalue weighted by Gasteiger charge is -2.16. The standard InChI is InChI=1S/C20H16FN3O3S2/c1-24(29(26,27)16-8-6-13-4-2-3-5-14(13)10-16)12-19(25)23-20-22-17-9-7-15(21)11-18(17)28-20/h2-11H,12H2,1H3,(H,22,23,25). The number of likely N-dealkylation sites (N-methyl/N-ethyl adjacent to an activating group) is 1. The lowest BCUT2D eigenvalue weighted by Crippen LogP contribution is -2.34. The van der Waals surface area contributed by atoms with E-state index in [4.69, 9.17) is 0 Å². The minimum atomic E-state index is -3.84. The summed E-state index contributed by atoms with van der Waals surface area (Å²) in [4.78, 5) is 16.7. The Labute approximate surface area is 170 Å². The number of fused-ring (bicyclic) bond motifs is 2. The summed E-state index contributed by atoms with van der Waals surface area (Å²) in [5.74, 6) is -0.920. The van der Waals surface area contributed by atoms with Crippen LogP contribution in [-0.2, 0) is 14.8 Å². The number of anilines is 1. The number of carbonyl (C=O) groups excluding carboxylic acids is 1. The molecule has 0 aliphatic carbocycles. The number of aromatic nitrogens is 1. The third-order valence-corrected chi connectivity index (χ3v) is 7.13. The second-order valence-corrected chi connectivity index (χ2v) is 9.52. The van der Waals surface area contributed by atoms with Gasteiger partial charge < -0.3 is 5.32 Å². The Morgan fingerprint density at radius 2 is 1.86 bits per heavy atom. The van der Waals surface area contributed by atoms with Gasteiger partial charge in [-0.15, -0.1) is 0 Å². The van der Waals surface area contributed by atoms with E-state index < -0.39 is 15.9 Å². The highest BCUT2D eigenvalue weighted by Gasteiger charge is 2.23. The number of carbonyl (C=O) groups is 1.